The van der Waals surface area contributed by atoms with Gasteiger partial charge in [-0.3, -0.25) is 4.40 Å². The second kappa shape index (κ2) is 3.63. The maximum atomic E-state index is 9.74. The van der Waals surface area contributed by atoms with Gasteiger partial charge in [-0.2, -0.15) is 0 Å². The van der Waals surface area contributed by atoms with Gasteiger partial charge in [0.15, 0.2) is 0 Å². The van der Waals surface area contributed by atoms with Crippen molar-refractivity contribution in [2.45, 2.75) is 6.92 Å². The zero-order chi connectivity index (χ0) is 11.8. The van der Waals surface area contributed by atoms with Gasteiger partial charge in [-0.25, -0.2) is 4.98 Å². The number of benzene rings is 1. The number of aromatic hydroxyl groups is 1. The van der Waals surface area contributed by atoms with Crippen molar-refractivity contribution in [1.82, 2.24) is 9.38 Å². The lowest BCUT2D eigenvalue weighted by Crippen LogP contribution is -1.90. The predicted octanol–water partition coefficient (Wildman–Crippen LogP) is 3.02. The minimum absolute atomic E-state index is 0.250. The van der Waals surface area contributed by atoms with Gasteiger partial charge in [0, 0.05) is 11.8 Å². The first-order chi connectivity index (χ1) is 8.27. The van der Waals surface area contributed by atoms with Gasteiger partial charge in [-0.15, -0.1) is 0 Å². The standard InChI is InChI=1S/C14H12N2O/c1-10-5-2-3-6-11(10)14-15-9-12-13(17)7-4-8-16(12)14/h2-9,17H,1H3. The maximum absolute atomic E-state index is 9.74. The SMILES string of the molecule is Cc1ccccc1-c1ncc2c(O)cccn12. The number of fused-ring (bicyclic) bond motifs is 1. The molecule has 0 saturated carbocycles. The lowest BCUT2D eigenvalue weighted by molar-refractivity contribution is 0.479. The van der Waals surface area contributed by atoms with Crippen LogP contribution in [0.25, 0.3) is 16.9 Å². The lowest BCUT2D eigenvalue weighted by Gasteiger charge is -2.05. The quantitative estimate of drug-likeness (QED) is 0.690. The van der Waals surface area contributed by atoms with Crippen LogP contribution in [0.3, 0.4) is 0 Å². The van der Waals surface area contributed by atoms with Gasteiger partial charge in [0.25, 0.3) is 0 Å². The van der Waals surface area contributed by atoms with Gasteiger partial charge in [0.05, 0.1) is 6.20 Å². The minimum atomic E-state index is 0.250. The van der Waals surface area contributed by atoms with Crippen molar-refractivity contribution in [1.29, 1.82) is 0 Å². The van der Waals surface area contributed by atoms with Gasteiger partial charge in [0.1, 0.15) is 17.1 Å². The van der Waals surface area contributed by atoms with Crippen molar-refractivity contribution >= 4 is 5.52 Å². The molecule has 0 saturated heterocycles. The van der Waals surface area contributed by atoms with E-state index in [1.165, 1.54) is 5.56 Å². The number of pyridine rings is 1. The fourth-order valence-electron chi connectivity index (χ4n) is 2.03. The van der Waals surface area contributed by atoms with Crippen LogP contribution in [0.4, 0.5) is 0 Å². The van der Waals surface area contributed by atoms with E-state index >= 15 is 0 Å². The number of rotatable bonds is 1. The van der Waals surface area contributed by atoms with Crippen molar-refractivity contribution in [2.24, 2.45) is 0 Å². The zero-order valence-electron chi connectivity index (χ0n) is 9.46. The summed E-state index contributed by atoms with van der Waals surface area (Å²) < 4.78 is 1.90. The van der Waals surface area contributed by atoms with Crippen LogP contribution < -0.4 is 0 Å². The van der Waals surface area contributed by atoms with Crippen LogP contribution in [0.5, 0.6) is 5.75 Å². The molecule has 1 N–H and O–H groups in total. The molecule has 1 aromatic carbocycles. The molecule has 0 unspecified atom stereocenters. The number of hydrogen-bond donors (Lipinski definition) is 1. The molecule has 0 fully saturated rings. The Morgan fingerprint density at radius 3 is 2.76 bits per heavy atom. The van der Waals surface area contributed by atoms with E-state index in [0.717, 1.165) is 16.9 Å². The highest BCUT2D eigenvalue weighted by atomic mass is 16.3. The van der Waals surface area contributed by atoms with Crippen LogP contribution in [0, 0.1) is 6.92 Å². The monoisotopic (exact) mass is 224 g/mol. The summed E-state index contributed by atoms with van der Waals surface area (Å²) in [6, 6.07) is 11.6. The van der Waals surface area contributed by atoms with Gasteiger partial charge in [0.2, 0.25) is 0 Å². The molecule has 3 aromatic rings. The third kappa shape index (κ3) is 1.47. The highest BCUT2D eigenvalue weighted by Gasteiger charge is 2.09. The van der Waals surface area contributed by atoms with E-state index in [1.807, 2.05) is 34.9 Å². The molecule has 3 heteroatoms. The Labute approximate surface area is 99.0 Å². The van der Waals surface area contributed by atoms with Gasteiger partial charge >= 0.3 is 0 Å². The fraction of sp³-hybridized carbons (Fsp3) is 0.0714. The summed E-state index contributed by atoms with van der Waals surface area (Å²) in [5.41, 5.74) is 2.98. The first kappa shape index (κ1) is 9.90. The summed E-state index contributed by atoms with van der Waals surface area (Å²) in [4.78, 5) is 4.39. The first-order valence-electron chi connectivity index (χ1n) is 5.48. The van der Waals surface area contributed by atoms with Gasteiger partial charge in [-0.1, -0.05) is 24.3 Å². The number of imidazole rings is 1. The van der Waals surface area contributed by atoms with Crippen LogP contribution in [0.2, 0.25) is 0 Å². The van der Waals surface area contributed by atoms with Crippen molar-refractivity contribution in [3.8, 4) is 17.1 Å². The Bertz CT molecular complexity index is 686. The normalized spacial score (nSPS) is 10.9. The number of aromatic nitrogens is 2. The second-order valence-corrected chi connectivity index (χ2v) is 4.05. The average molecular weight is 224 g/mol. The van der Waals surface area contributed by atoms with E-state index in [4.69, 9.17) is 0 Å². The van der Waals surface area contributed by atoms with Crippen LogP contribution in [0.15, 0.2) is 48.8 Å². The van der Waals surface area contributed by atoms with E-state index < -0.39 is 0 Å². The fourth-order valence-corrected chi connectivity index (χ4v) is 2.03. The molecule has 3 rings (SSSR count). The Kier molecular flexibility index (Phi) is 2.11. The third-order valence-electron chi connectivity index (χ3n) is 2.93. The first-order valence-corrected chi connectivity index (χ1v) is 5.48. The van der Waals surface area contributed by atoms with Crippen LogP contribution in [-0.4, -0.2) is 14.5 Å². The van der Waals surface area contributed by atoms with E-state index in [9.17, 15) is 5.11 Å². The summed E-state index contributed by atoms with van der Waals surface area (Å²) >= 11 is 0. The summed E-state index contributed by atoms with van der Waals surface area (Å²) in [6.07, 6.45) is 3.60. The molecule has 84 valence electrons. The van der Waals surface area contributed by atoms with E-state index in [2.05, 4.69) is 18.0 Å². The maximum Gasteiger partial charge on any atom is 0.144 e. The average Bonchev–Trinajstić information content (AvgIpc) is 2.75. The van der Waals surface area contributed by atoms with Gasteiger partial charge in [-0.05, 0) is 24.6 Å². The summed E-state index contributed by atoms with van der Waals surface area (Å²) in [5, 5.41) is 9.74. The van der Waals surface area contributed by atoms with Crippen molar-refractivity contribution in [3.05, 3.63) is 54.4 Å². The van der Waals surface area contributed by atoms with Crippen LogP contribution >= 0.6 is 0 Å². The molecule has 0 spiro atoms. The Morgan fingerprint density at radius 1 is 1.12 bits per heavy atom. The molecule has 2 aromatic heterocycles. The molecular weight excluding hydrogens is 212 g/mol. The molecule has 0 radical (unpaired) electrons. The smallest absolute Gasteiger partial charge is 0.144 e. The number of hydrogen-bond acceptors (Lipinski definition) is 2. The van der Waals surface area contributed by atoms with Crippen molar-refractivity contribution in [2.75, 3.05) is 0 Å². The zero-order valence-corrected chi connectivity index (χ0v) is 9.46. The molecule has 0 atom stereocenters. The molecule has 3 nitrogen and oxygen atoms in total. The highest BCUT2D eigenvalue weighted by molar-refractivity contribution is 5.68. The molecular formula is C14H12N2O. The molecule has 0 amide bonds. The largest absolute Gasteiger partial charge is 0.506 e. The lowest BCUT2D eigenvalue weighted by atomic mass is 10.1. The molecule has 17 heavy (non-hydrogen) atoms. The van der Waals surface area contributed by atoms with Crippen molar-refractivity contribution in [3.63, 3.8) is 0 Å². The second-order valence-electron chi connectivity index (χ2n) is 4.05. The molecule has 0 bridgehead atoms. The topological polar surface area (TPSA) is 37.5 Å². The molecule has 2 heterocycles. The van der Waals surface area contributed by atoms with Crippen LogP contribution in [-0.2, 0) is 0 Å². The highest BCUT2D eigenvalue weighted by Crippen LogP contribution is 2.26. The van der Waals surface area contributed by atoms with Gasteiger partial charge < -0.3 is 5.11 Å². The number of aryl methyl sites for hydroxylation is 1. The summed E-state index contributed by atoms with van der Waals surface area (Å²) in [5.74, 6) is 1.11. The Balaban J connectivity index is 2.33. The van der Waals surface area contributed by atoms with Crippen molar-refractivity contribution < 1.29 is 5.11 Å². The molecule has 0 aliphatic rings. The predicted molar refractivity (Wildman–Crippen MR) is 67.0 cm³/mol. The van der Waals surface area contributed by atoms with E-state index in [1.54, 1.807) is 12.3 Å². The molecule has 0 aliphatic heterocycles. The third-order valence-corrected chi connectivity index (χ3v) is 2.93. The number of nitrogens with zero attached hydrogens (tertiary/aromatic N) is 2. The minimum Gasteiger partial charge on any atom is -0.506 e. The Morgan fingerprint density at radius 2 is 1.94 bits per heavy atom. The van der Waals surface area contributed by atoms with Crippen LogP contribution in [0.1, 0.15) is 5.56 Å². The van der Waals surface area contributed by atoms with E-state index in [-0.39, 0.29) is 5.75 Å². The summed E-state index contributed by atoms with van der Waals surface area (Å²) in [7, 11) is 0. The summed E-state index contributed by atoms with van der Waals surface area (Å²) in [6.45, 7) is 2.05. The molecule has 0 aliphatic carbocycles. The Hall–Kier alpha value is -2.29. The van der Waals surface area contributed by atoms with E-state index in [0.29, 0.717) is 0 Å².